The molecule has 12 heteroatoms. The molecule has 3 atom stereocenters. The van der Waals surface area contributed by atoms with E-state index < -0.39 is 29.4 Å². The molecule has 3 fully saturated rings. The molecule has 0 saturated carbocycles. The van der Waals surface area contributed by atoms with Gasteiger partial charge < -0.3 is 24.6 Å². The van der Waals surface area contributed by atoms with Crippen LogP contribution in [0.25, 0.3) is 32.9 Å². The minimum atomic E-state index is -0.948. The minimum Gasteiger partial charge on any atom is -0.508 e. The number of aromatic nitrogens is 3. The summed E-state index contributed by atoms with van der Waals surface area (Å²) in [6, 6.07) is 5.25. The molecule has 3 aliphatic heterocycles. The van der Waals surface area contributed by atoms with Gasteiger partial charge in [-0.05, 0) is 43.0 Å². The van der Waals surface area contributed by atoms with Crippen molar-refractivity contribution in [1.82, 2.24) is 19.9 Å². The van der Waals surface area contributed by atoms with Gasteiger partial charge in [0, 0.05) is 43.2 Å². The Balaban J connectivity index is 1.38. The topological polar surface area (TPSA) is 104 Å². The molecule has 228 valence electrons. The molecule has 1 unspecified atom stereocenters. The SMILES string of the molecule is C#Cc1c(F)ccc2cc(O)cc(-c3ncc4c(N5CCOC(CO)C5)nc(OC[C@@]56CCCN5C[C@H](F)C6)nc4c3F)c12. The van der Waals surface area contributed by atoms with Crippen LogP contribution >= 0.6 is 0 Å². The number of phenols is 1. The van der Waals surface area contributed by atoms with Gasteiger partial charge in [0.15, 0.2) is 5.82 Å². The smallest absolute Gasteiger partial charge is 0.319 e. The molecule has 4 aromatic rings. The Morgan fingerprint density at radius 1 is 1.18 bits per heavy atom. The number of benzene rings is 2. The number of pyridine rings is 1. The van der Waals surface area contributed by atoms with Crippen molar-refractivity contribution >= 4 is 27.5 Å². The van der Waals surface area contributed by atoms with Crippen molar-refractivity contribution in [3.63, 3.8) is 0 Å². The van der Waals surface area contributed by atoms with E-state index in [0.717, 1.165) is 19.4 Å². The van der Waals surface area contributed by atoms with Crippen molar-refractivity contribution in [1.29, 1.82) is 0 Å². The maximum Gasteiger partial charge on any atom is 0.319 e. The van der Waals surface area contributed by atoms with E-state index in [2.05, 4.69) is 25.8 Å². The van der Waals surface area contributed by atoms with Crippen LogP contribution < -0.4 is 9.64 Å². The largest absolute Gasteiger partial charge is 0.508 e. The molecule has 5 heterocycles. The van der Waals surface area contributed by atoms with Crippen LogP contribution in [-0.2, 0) is 4.74 Å². The number of phenolic OH excluding ortho intramolecular Hbond substituents is 1. The number of morpholine rings is 1. The fraction of sp³-hybridized carbons (Fsp3) is 0.406. The van der Waals surface area contributed by atoms with Gasteiger partial charge in [0.25, 0.3) is 0 Å². The Hall–Kier alpha value is -4.18. The number of ether oxygens (including phenoxy) is 2. The molecule has 0 bridgehead atoms. The molecular weight excluding hydrogens is 575 g/mol. The average molecular weight is 606 g/mol. The Labute approximate surface area is 251 Å². The molecule has 3 aliphatic rings. The van der Waals surface area contributed by atoms with E-state index >= 15 is 4.39 Å². The highest BCUT2D eigenvalue weighted by molar-refractivity contribution is 6.03. The van der Waals surface area contributed by atoms with Crippen LogP contribution in [0.3, 0.4) is 0 Å². The maximum absolute atomic E-state index is 16.7. The van der Waals surface area contributed by atoms with Gasteiger partial charge in [-0.15, -0.1) is 6.42 Å². The fourth-order valence-electron chi connectivity index (χ4n) is 6.94. The van der Waals surface area contributed by atoms with Crippen LogP contribution in [0.2, 0.25) is 0 Å². The molecular formula is C32H30F3N5O4. The molecule has 3 saturated heterocycles. The zero-order valence-electron chi connectivity index (χ0n) is 23.8. The summed E-state index contributed by atoms with van der Waals surface area (Å²) >= 11 is 0. The molecule has 7 rings (SSSR count). The van der Waals surface area contributed by atoms with Crippen LogP contribution in [0, 0.1) is 24.0 Å². The van der Waals surface area contributed by atoms with Crippen molar-refractivity contribution in [3.05, 3.63) is 47.7 Å². The molecule has 9 nitrogen and oxygen atoms in total. The standard InChI is InChI=1S/C32H30F3N5O4/c1-2-22-25(34)5-4-18-10-20(42)11-23(26(18)22)28-27(35)29-24(13-36-28)30(39-8-9-43-21(15-39)16-41)38-31(37-29)44-17-32-6-3-7-40(32)14-19(33)12-32/h1,4-5,10-11,13,19,21,41-42H,3,6-9,12,14-17H2/t19-,21?,32+/m1/s1. The summed E-state index contributed by atoms with van der Waals surface area (Å²) in [5.74, 6) is 0.998. The van der Waals surface area contributed by atoms with Crippen LogP contribution in [0.15, 0.2) is 30.5 Å². The summed E-state index contributed by atoms with van der Waals surface area (Å²) in [7, 11) is 0. The van der Waals surface area contributed by atoms with Gasteiger partial charge in [-0.25, -0.2) is 13.2 Å². The first-order valence-electron chi connectivity index (χ1n) is 14.6. The average Bonchev–Trinajstić information content (AvgIpc) is 3.55. The van der Waals surface area contributed by atoms with Crippen LogP contribution in [0.4, 0.5) is 19.0 Å². The number of aromatic hydroxyl groups is 1. The maximum atomic E-state index is 16.7. The highest BCUT2D eigenvalue weighted by Crippen LogP contribution is 2.41. The third-order valence-electron chi connectivity index (χ3n) is 8.97. The van der Waals surface area contributed by atoms with Gasteiger partial charge in [-0.1, -0.05) is 12.0 Å². The molecule has 2 N–H and O–H groups in total. The van der Waals surface area contributed by atoms with Crippen molar-refractivity contribution in [2.75, 3.05) is 50.9 Å². The van der Waals surface area contributed by atoms with Gasteiger partial charge in [0.05, 0.1) is 35.8 Å². The summed E-state index contributed by atoms with van der Waals surface area (Å²) in [6.07, 6.45) is 7.68. The number of rotatable bonds is 6. The first kappa shape index (κ1) is 28.6. The van der Waals surface area contributed by atoms with Gasteiger partial charge in [-0.3, -0.25) is 9.88 Å². The predicted octanol–water partition coefficient (Wildman–Crippen LogP) is 3.96. The zero-order chi connectivity index (χ0) is 30.6. The van der Waals surface area contributed by atoms with E-state index in [9.17, 15) is 19.0 Å². The Bertz CT molecular complexity index is 1820. The first-order valence-corrected chi connectivity index (χ1v) is 14.6. The van der Waals surface area contributed by atoms with E-state index in [-0.39, 0.29) is 64.6 Å². The third-order valence-corrected chi connectivity index (χ3v) is 8.97. The van der Waals surface area contributed by atoms with E-state index in [0.29, 0.717) is 37.3 Å². The number of hydrogen-bond donors (Lipinski definition) is 2. The van der Waals surface area contributed by atoms with Crippen LogP contribution in [-0.4, -0.2) is 93.9 Å². The van der Waals surface area contributed by atoms with Crippen molar-refractivity contribution in [2.24, 2.45) is 0 Å². The monoisotopic (exact) mass is 605 g/mol. The summed E-state index contributed by atoms with van der Waals surface area (Å²) in [5.41, 5.74) is -0.758. The number of aliphatic hydroxyl groups excluding tert-OH is 1. The van der Waals surface area contributed by atoms with Gasteiger partial charge in [-0.2, -0.15) is 9.97 Å². The van der Waals surface area contributed by atoms with Crippen molar-refractivity contribution < 1.29 is 32.9 Å². The molecule has 0 amide bonds. The number of anilines is 1. The normalized spacial score (nSPS) is 23.8. The van der Waals surface area contributed by atoms with E-state index in [4.69, 9.17) is 15.9 Å². The van der Waals surface area contributed by atoms with Crippen molar-refractivity contribution in [2.45, 2.75) is 37.1 Å². The number of nitrogens with zero attached hydrogens (tertiary/aromatic N) is 5. The van der Waals surface area contributed by atoms with E-state index in [1.807, 2.05) is 4.90 Å². The first-order chi connectivity index (χ1) is 21.3. The molecule has 2 aromatic carbocycles. The number of terminal acetylenes is 1. The lowest BCUT2D eigenvalue weighted by Gasteiger charge is -2.34. The number of alkyl halides is 1. The molecule has 44 heavy (non-hydrogen) atoms. The highest BCUT2D eigenvalue weighted by Gasteiger charge is 2.49. The fourth-order valence-corrected chi connectivity index (χ4v) is 6.94. The Kier molecular flexibility index (Phi) is 7.19. The second kappa shape index (κ2) is 11.1. The number of halogens is 3. The second-order valence-corrected chi connectivity index (χ2v) is 11.7. The minimum absolute atomic E-state index is 0.0855. The summed E-state index contributed by atoms with van der Waals surface area (Å²) in [4.78, 5) is 17.5. The molecule has 0 radical (unpaired) electrons. The van der Waals surface area contributed by atoms with E-state index in [1.165, 1.54) is 30.5 Å². The number of fused-ring (bicyclic) bond motifs is 3. The lowest BCUT2D eigenvalue weighted by Crippen LogP contribution is -2.45. The zero-order valence-corrected chi connectivity index (χ0v) is 23.8. The molecule has 0 aliphatic carbocycles. The van der Waals surface area contributed by atoms with Gasteiger partial charge in [0.2, 0.25) is 0 Å². The molecule has 2 aromatic heterocycles. The van der Waals surface area contributed by atoms with Gasteiger partial charge in [0.1, 0.15) is 41.4 Å². The number of hydrogen-bond acceptors (Lipinski definition) is 9. The van der Waals surface area contributed by atoms with Crippen LogP contribution in [0.5, 0.6) is 11.8 Å². The van der Waals surface area contributed by atoms with Gasteiger partial charge >= 0.3 is 6.01 Å². The number of aliphatic hydroxyl groups is 1. The lowest BCUT2D eigenvalue weighted by molar-refractivity contribution is 0.00339. The Morgan fingerprint density at radius 3 is 2.86 bits per heavy atom. The van der Waals surface area contributed by atoms with Crippen LogP contribution in [0.1, 0.15) is 24.8 Å². The highest BCUT2D eigenvalue weighted by atomic mass is 19.1. The summed E-state index contributed by atoms with van der Waals surface area (Å²) < 4.78 is 57.6. The lowest BCUT2D eigenvalue weighted by atomic mass is 9.95. The summed E-state index contributed by atoms with van der Waals surface area (Å²) in [5, 5.41) is 21.1. The second-order valence-electron chi connectivity index (χ2n) is 11.7. The quantitative estimate of drug-likeness (QED) is 0.316. The molecule has 0 spiro atoms. The predicted molar refractivity (Wildman–Crippen MR) is 157 cm³/mol. The van der Waals surface area contributed by atoms with Crippen molar-refractivity contribution in [3.8, 4) is 35.4 Å². The third kappa shape index (κ3) is 4.76. The summed E-state index contributed by atoms with van der Waals surface area (Å²) in [6.45, 7) is 2.08. The van der Waals surface area contributed by atoms with E-state index in [1.54, 1.807) is 0 Å². The Morgan fingerprint density at radius 2 is 2.05 bits per heavy atom.